The summed E-state index contributed by atoms with van der Waals surface area (Å²) in [7, 11) is 2.26. The zero-order valence-electron chi connectivity index (χ0n) is 20.3. The van der Waals surface area contributed by atoms with Gasteiger partial charge in [-0.05, 0) is 36.8 Å². The predicted octanol–water partition coefficient (Wildman–Crippen LogP) is 4.43. The Hall–Kier alpha value is -1.10. The molecule has 1 aliphatic carbocycles. The number of anilines is 1. The molecule has 4 nitrogen and oxygen atoms in total. The van der Waals surface area contributed by atoms with Gasteiger partial charge in [-0.15, -0.1) is 0 Å². The Morgan fingerprint density at radius 1 is 1.03 bits per heavy atom. The van der Waals surface area contributed by atoms with E-state index in [2.05, 4.69) is 50.1 Å². The summed E-state index contributed by atoms with van der Waals surface area (Å²) >= 11 is 0. The number of piperidine rings is 4. The molecule has 5 fully saturated rings. The van der Waals surface area contributed by atoms with Crippen molar-refractivity contribution < 1.29 is 14.7 Å². The maximum Gasteiger partial charge on any atom is 0.194 e. The number of rotatable bonds is 8. The molecule has 10 atom stereocenters. The first-order valence-electron chi connectivity index (χ1n) is 13.6. The summed E-state index contributed by atoms with van der Waals surface area (Å²) in [5, 5.41) is 24.1. The second kappa shape index (κ2) is 7.45. The van der Waals surface area contributed by atoms with Crippen molar-refractivity contribution in [1.82, 2.24) is 0 Å². The number of para-hydroxylation sites is 1. The van der Waals surface area contributed by atoms with Crippen LogP contribution in [0.3, 0.4) is 0 Å². The molecule has 1 saturated carbocycles. The van der Waals surface area contributed by atoms with E-state index in [9.17, 15) is 10.2 Å². The van der Waals surface area contributed by atoms with Gasteiger partial charge in [0.1, 0.15) is 6.04 Å². The molecule has 6 aliphatic rings. The van der Waals surface area contributed by atoms with Gasteiger partial charge >= 0.3 is 0 Å². The van der Waals surface area contributed by atoms with Crippen molar-refractivity contribution in [2.45, 2.75) is 108 Å². The average Bonchev–Trinajstić information content (AvgIpc) is 3.19. The van der Waals surface area contributed by atoms with Gasteiger partial charge in [-0.25, -0.2) is 0 Å². The van der Waals surface area contributed by atoms with Crippen molar-refractivity contribution in [3.63, 3.8) is 0 Å². The molecule has 32 heavy (non-hydrogen) atoms. The molecule has 5 bridgehead atoms. The second-order valence-electron chi connectivity index (χ2n) is 11.8. The lowest BCUT2D eigenvalue weighted by atomic mass is 9.60. The molecular formula is C28H43N2O2+. The summed E-state index contributed by atoms with van der Waals surface area (Å²) in [5.41, 5.74) is 2.58. The Morgan fingerprint density at radius 3 is 2.56 bits per heavy atom. The van der Waals surface area contributed by atoms with E-state index in [-0.39, 0.29) is 17.7 Å². The van der Waals surface area contributed by atoms with Crippen molar-refractivity contribution >= 4 is 5.69 Å². The molecule has 1 unspecified atom stereocenters. The number of benzene rings is 1. The highest BCUT2D eigenvalue weighted by Gasteiger charge is 2.82. The predicted molar refractivity (Wildman–Crippen MR) is 128 cm³/mol. The second-order valence-corrected chi connectivity index (χ2v) is 11.8. The number of aliphatic hydroxyl groups is 2. The normalized spacial score (nSPS) is 47.2. The highest BCUT2D eigenvalue weighted by molar-refractivity contribution is 5.66. The number of aliphatic hydroxyl groups excluding tert-OH is 2. The minimum atomic E-state index is -0.273. The number of hydrogen-bond donors (Lipinski definition) is 2. The van der Waals surface area contributed by atoms with E-state index in [1.54, 1.807) is 0 Å². The summed E-state index contributed by atoms with van der Waals surface area (Å²) in [6, 6.07) is 10.1. The molecule has 1 aromatic rings. The zero-order valence-corrected chi connectivity index (χ0v) is 20.3. The van der Waals surface area contributed by atoms with Crippen LogP contribution in [-0.2, 0) is 5.41 Å². The van der Waals surface area contributed by atoms with Crippen molar-refractivity contribution in [3.8, 4) is 0 Å². The average molecular weight is 440 g/mol. The Kier molecular flexibility index (Phi) is 4.99. The van der Waals surface area contributed by atoms with E-state index in [1.807, 2.05) is 0 Å². The van der Waals surface area contributed by atoms with Gasteiger partial charge in [-0.1, -0.05) is 57.7 Å². The lowest BCUT2D eigenvalue weighted by Crippen LogP contribution is -2.83. The highest BCUT2D eigenvalue weighted by Crippen LogP contribution is 2.71. The molecule has 5 aliphatic heterocycles. The van der Waals surface area contributed by atoms with Gasteiger partial charge in [-0.2, -0.15) is 0 Å². The summed E-state index contributed by atoms with van der Waals surface area (Å²) < 4.78 is 0.898. The van der Waals surface area contributed by atoms with Crippen molar-refractivity contribution in [2.24, 2.45) is 17.8 Å². The van der Waals surface area contributed by atoms with E-state index >= 15 is 0 Å². The third-order valence-corrected chi connectivity index (χ3v) is 11.0. The number of hydrogen-bond acceptors (Lipinski definition) is 3. The van der Waals surface area contributed by atoms with E-state index in [0.29, 0.717) is 35.9 Å². The SMILES string of the molecule is CCCCCCCC[N+]12[C@H](O)[C@@H](CC)[C@@H]3C[C@H]1[C@@H]1N(C)c4ccccc4[C@]14C[C@H]2[C@H]3[C@@H]4O. The number of nitrogens with zero attached hydrogens (tertiary/aromatic N) is 2. The third kappa shape index (κ3) is 2.35. The van der Waals surface area contributed by atoms with E-state index < -0.39 is 0 Å². The molecule has 176 valence electrons. The number of likely N-dealkylation sites (N-methyl/N-ethyl adjacent to an activating group) is 1. The van der Waals surface area contributed by atoms with Gasteiger partial charge in [0, 0.05) is 37.4 Å². The van der Waals surface area contributed by atoms with Crippen molar-refractivity contribution in [2.75, 3.05) is 18.5 Å². The fraction of sp³-hybridized carbons (Fsp3) is 0.786. The molecular weight excluding hydrogens is 396 g/mol. The quantitative estimate of drug-likeness (QED) is 0.465. The summed E-state index contributed by atoms with van der Waals surface area (Å²) in [6.45, 7) is 5.64. The van der Waals surface area contributed by atoms with Crippen LogP contribution < -0.4 is 4.90 Å². The maximum atomic E-state index is 12.1. The number of quaternary nitrogens is 1. The van der Waals surface area contributed by atoms with Crippen molar-refractivity contribution in [1.29, 1.82) is 0 Å². The van der Waals surface area contributed by atoms with Gasteiger partial charge in [0.2, 0.25) is 0 Å². The molecule has 0 amide bonds. The van der Waals surface area contributed by atoms with Crippen LogP contribution >= 0.6 is 0 Å². The number of fused-ring (bicyclic) bond motifs is 2. The first kappa shape index (κ1) is 21.4. The topological polar surface area (TPSA) is 43.7 Å². The van der Waals surface area contributed by atoms with Crippen LogP contribution in [-0.4, -0.2) is 58.7 Å². The zero-order chi connectivity index (χ0) is 22.3. The van der Waals surface area contributed by atoms with E-state index in [1.165, 1.54) is 56.2 Å². The molecule has 1 aromatic carbocycles. The molecule has 4 saturated heterocycles. The van der Waals surface area contributed by atoms with E-state index in [4.69, 9.17) is 0 Å². The monoisotopic (exact) mass is 439 g/mol. The first-order chi connectivity index (χ1) is 15.5. The van der Waals surface area contributed by atoms with Crippen LogP contribution in [0.15, 0.2) is 24.3 Å². The highest BCUT2D eigenvalue weighted by atomic mass is 16.3. The van der Waals surface area contributed by atoms with Gasteiger partial charge in [0.25, 0.3) is 0 Å². The molecule has 7 rings (SSSR count). The Morgan fingerprint density at radius 2 is 1.78 bits per heavy atom. The summed E-state index contributed by atoms with van der Waals surface area (Å²) in [4.78, 5) is 2.51. The summed E-state index contributed by atoms with van der Waals surface area (Å²) in [6.07, 6.45) is 10.6. The Labute approximate surface area is 194 Å². The third-order valence-electron chi connectivity index (χ3n) is 11.0. The molecule has 1 spiro atoms. The van der Waals surface area contributed by atoms with E-state index in [0.717, 1.165) is 23.9 Å². The van der Waals surface area contributed by atoms with Crippen LogP contribution in [0, 0.1) is 17.8 Å². The fourth-order valence-corrected chi connectivity index (χ4v) is 10.0. The minimum absolute atomic E-state index is 0.134. The van der Waals surface area contributed by atoms with Gasteiger partial charge in [0.15, 0.2) is 6.23 Å². The maximum absolute atomic E-state index is 12.1. The lowest BCUT2D eigenvalue weighted by Gasteiger charge is -2.68. The minimum Gasteiger partial charge on any atom is -0.392 e. The molecule has 5 heterocycles. The van der Waals surface area contributed by atoms with Crippen molar-refractivity contribution in [3.05, 3.63) is 29.8 Å². The summed E-state index contributed by atoms with van der Waals surface area (Å²) in [5.74, 6) is 1.18. The first-order valence-corrected chi connectivity index (χ1v) is 13.6. The van der Waals surface area contributed by atoms with Crippen LogP contribution in [0.4, 0.5) is 5.69 Å². The van der Waals surface area contributed by atoms with Gasteiger partial charge in [-0.3, -0.25) is 4.48 Å². The standard InChI is InChI=1S/C28H43N2O2/c1-4-6-7-8-9-12-15-30-22-16-19(18(5-2)27(30)32)24-23(30)17-28(26(24)31)20-13-10-11-14-21(20)29(3)25(22)28/h10-11,13-14,18-19,22-27,31-32H,4-9,12,15-17H2,1-3H3/q+1/t18-,19-,22-,23-,24-,25-,26-,27+,28+,30?/m0/s1. The molecule has 2 N–H and O–H groups in total. The Bertz CT molecular complexity index is 875. The van der Waals surface area contributed by atoms with Gasteiger partial charge in [0.05, 0.1) is 30.1 Å². The molecule has 4 heteroatoms. The van der Waals surface area contributed by atoms with Crippen LogP contribution in [0.25, 0.3) is 0 Å². The van der Waals surface area contributed by atoms with Crippen LogP contribution in [0.2, 0.25) is 0 Å². The fourth-order valence-electron chi connectivity index (χ4n) is 10.0. The van der Waals surface area contributed by atoms with Crippen LogP contribution in [0.5, 0.6) is 0 Å². The molecule has 0 aromatic heterocycles. The Balaban J connectivity index is 1.41. The lowest BCUT2D eigenvalue weighted by molar-refractivity contribution is -1.04. The van der Waals surface area contributed by atoms with Crippen LogP contribution in [0.1, 0.15) is 77.2 Å². The molecule has 0 radical (unpaired) electrons. The smallest absolute Gasteiger partial charge is 0.194 e. The largest absolute Gasteiger partial charge is 0.392 e. The number of unbranched alkanes of at least 4 members (excludes halogenated alkanes) is 5. The van der Waals surface area contributed by atoms with Gasteiger partial charge < -0.3 is 15.1 Å².